The number of benzene rings is 1. The van der Waals surface area contributed by atoms with Crippen LogP contribution in [-0.4, -0.2) is 29.1 Å². The Morgan fingerprint density at radius 2 is 2.05 bits per heavy atom. The molecule has 0 spiro atoms. The van der Waals surface area contributed by atoms with Gasteiger partial charge in [0.15, 0.2) is 0 Å². The summed E-state index contributed by atoms with van der Waals surface area (Å²) in [6, 6.07) is 7.81. The van der Waals surface area contributed by atoms with Gasteiger partial charge in [-0.05, 0) is 30.3 Å². The SMILES string of the molecule is COc1ccc(C(=O)O)cc1NC(=O)c1cccc(F)n1. The van der Waals surface area contributed by atoms with Crippen molar-refractivity contribution in [3.8, 4) is 5.75 Å². The summed E-state index contributed by atoms with van der Waals surface area (Å²) in [5, 5.41) is 11.4. The Kier molecular flexibility index (Phi) is 4.13. The van der Waals surface area contributed by atoms with E-state index in [2.05, 4.69) is 10.3 Å². The van der Waals surface area contributed by atoms with Gasteiger partial charge in [-0.1, -0.05) is 6.07 Å². The van der Waals surface area contributed by atoms with Gasteiger partial charge in [-0.3, -0.25) is 4.79 Å². The van der Waals surface area contributed by atoms with Crippen molar-refractivity contribution in [2.75, 3.05) is 12.4 Å². The van der Waals surface area contributed by atoms with E-state index >= 15 is 0 Å². The maximum Gasteiger partial charge on any atom is 0.335 e. The number of ether oxygens (including phenoxy) is 1. The van der Waals surface area contributed by atoms with E-state index in [4.69, 9.17) is 9.84 Å². The first-order valence-corrected chi connectivity index (χ1v) is 5.86. The second-order valence-corrected chi connectivity index (χ2v) is 4.02. The molecule has 7 heteroatoms. The van der Waals surface area contributed by atoms with Crippen LogP contribution >= 0.6 is 0 Å². The Balaban J connectivity index is 2.31. The molecule has 108 valence electrons. The highest BCUT2D eigenvalue weighted by Crippen LogP contribution is 2.26. The van der Waals surface area contributed by atoms with Crippen LogP contribution in [0, 0.1) is 5.95 Å². The minimum atomic E-state index is -1.14. The van der Waals surface area contributed by atoms with E-state index in [0.29, 0.717) is 0 Å². The Hall–Kier alpha value is -2.96. The molecule has 0 aliphatic carbocycles. The second-order valence-electron chi connectivity index (χ2n) is 4.02. The Morgan fingerprint density at radius 3 is 2.67 bits per heavy atom. The van der Waals surface area contributed by atoms with Gasteiger partial charge in [-0.2, -0.15) is 4.39 Å². The maximum atomic E-state index is 13.0. The molecule has 0 radical (unpaired) electrons. The lowest BCUT2D eigenvalue weighted by Gasteiger charge is -2.10. The summed E-state index contributed by atoms with van der Waals surface area (Å²) in [6.45, 7) is 0. The van der Waals surface area contributed by atoms with Crippen LogP contribution in [0.15, 0.2) is 36.4 Å². The topological polar surface area (TPSA) is 88.5 Å². The minimum Gasteiger partial charge on any atom is -0.495 e. The number of nitrogens with one attached hydrogen (secondary N) is 1. The standard InChI is InChI=1S/C14H11FN2O4/c1-21-11-6-5-8(14(19)20)7-10(11)17-13(18)9-3-2-4-12(15)16-9/h2-7H,1H3,(H,17,18)(H,19,20). The molecule has 1 aromatic carbocycles. The number of carboxylic acid groups (broad SMARTS) is 1. The van der Waals surface area contributed by atoms with Crippen molar-refractivity contribution in [1.29, 1.82) is 0 Å². The molecule has 0 unspecified atom stereocenters. The summed E-state index contributed by atoms with van der Waals surface area (Å²) in [5.41, 5.74) is 0.0181. The lowest BCUT2D eigenvalue weighted by Crippen LogP contribution is -2.15. The molecule has 0 saturated heterocycles. The highest BCUT2D eigenvalue weighted by molar-refractivity contribution is 6.04. The summed E-state index contributed by atoms with van der Waals surface area (Å²) >= 11 is 0. The fraction of sp³-hybridized carbons (Fsp3) is 0.0714. The van der Waals surface area contributed by atoms with Crippen LogP contribution in [-0.2, 0) is 0 Å². The third-order valence-corrected chi connectivity index (χ3v) is 2.64. The minimum absolute atomic E-state index is 0.0155. The van der Waals surface area contributed by atoms with E-state index in [9.17, 15) is 14.0 Å². The molecular weight excluding hydrogens is 279 g/mol. The number of aromatic carboxylic acids is 1. The van der Waals surface area contributed by atoms with E-state index in [1.165, 1.54) is 37.4 Å². The monoisotopic (exact) mass is 290 g/mol. The van der Waals surface area contributed by atoms with Crippen LogP contribution in [0.3, 0.4) is 0 Å². The quantitative estimate of drug-likeness (QED) is 0.842. The first-order chi connectivity index (χ1) is 10.0. The molecule has 2 rings (SSSR count). The summed E-state index contributed by atoms with van der Waals surface area (Å²) in [5.74, 6) is -2.31. The van der Waals surface area contributed by atoms with Crippen molar-refractivity contribution >= 4 is 17.6 Å². The molecule has 6 nitrogen and oxygen atoms in total. The normalized spacial score (nSPS) is 10.0. The van der Waals surface area contributed by atoms with Crippen molar-refractivity contribution in [3.63, 3.8) is 0 Å². The first kappa shape index (κ1) is 14.4. The summed E-state index contributed by atoms with van der Waals surface area (Å²) in [6.07, 6.45) is 0. The Morgan fingerprint density at radius 1 is 1.29 bits per heavy atom. The van der Waals surface area contributed by atoms with Crippen molar-refractivity contribution in [2.24, 2.45) is 0 Å². The fourth-order valence-corrected chi connectivity index (χ4v) is 1.66. The zero-order valence-corrected chi connectivity index (χ0v) is 11.0. The highest BCUT2D eigenvalue weighted by atomic mass is 19.1. The number of methoxy groups -OCH3 is 1. The van der Waals surface area contributed by atoms with Gasteiger partial charge in [0, 0.05) is 0 Å². The number of carbonyl (C=O) groups is 2. The lowest BCUT2D eigenvalue weighted by molar-refractivity contribution is 0.0696. The molecule has 0 fully saturated rings. The van der Waals surface area contributed by atoms with Gasteiger partial charge in [0.25, 0.3) is 5.91 Å². The third-order valence-electron chi connectivity index (χ3n) is 2.64. The number of pyridine rings is 1. The van der Waals surface area contributed by atoms with Gasteiger partial charge in [-0.15, -0.1) is 0 Å². The van der Waals surface area contributed by atoms with Crippen molar-refractivity contribution in [3.05, 3.63) is 53.6 Å². The van der Waals surface area contributed by atoms with Gasteiger partial charge < -0.3 is 15.2 Å². The Bertz CT molecular complexity index is 703. The van der Waals surface area contributed by atoms with Crippen LogP contribution in [0.4, 0.5) is 10.1 Å². The average Bonchev–Trinajstić information content (AvgIpc) is 2.47. The number of halogens is 1. The number of rotatable bonds is 4. The van der Waals surface area contributed by atoms with E-state index in [1.807, 2.05) is 0 Å². The maximum absolute atomic E-state index is 13.0. The van der Waals surface area contributed by atoms with Gasteiger partial charge in [0.1, 0.15) is 11.4 Å². The van der Waals surface area contributed by atoms with Gasteiger partial charge in [0.2, 0.25) is 5.95 Å². The van der Waals surface area contributed by atoms with Crippen LogP contribution in [0.25, 0.3) is 0 Å². The molecule has 0 atom stereocenters. The first-order valence-electron chi connectivity index (χ1n) is 5.86. The van der Waals surface area contributed by atoms with E-state index in [0.717, 1.165) is 6.07 Å². The molecule has 1 aromatic heterocycles. The second kappa shape index (κ2) is 6.00. The van der Waals surface area contributed by atoms with E-state index in [-0.39, 0.29) is 22.7 Å². The summed E-state index contributed by atoms with van der Waals surface area (Å²) < 4.78 is 18.0. The van der Waals surface area contributed by atoms with E-state index in [1.54, 1.807) is 0 Å². The number of anilines is 1. The number of hydrogen-bond acceptors (Lipinski definition) is 4. The van der Waals surface area contributed by atoms with Gasteiger partial charge in [-0.25, -0.2) is 9.78 Å². The molecular formula is C14H11FN2O4. The van der Waals surface area contributed by atoms with Crippen molar-refractivity contribution in [1.82, 2.24) is 4.98 Å². The number of nitrogens with zero attached hydrogens (tertiary/aromatic N) is 1. The molecule has 0 aliphatic heterocycles. The smallest absolute Gasteiger partial charge is 0.335 e. The van der Waals surface area contributed by atoms with Crippen molar-refractivity contribution in [2.45, 2.75) is 0 Å². The van der Waals surface area contributed by atoms with Crippen LogP contribution in [0.1, 0.15) is 20.8 Å². The molecule has 2 aromatic rings. The molecule has 2 N–H and O–H groups in total. The van der Waals surface area contributed by atoms with Gasteiger partial charge in [0.05, 0.1) is 18.4 Å². The number of aromatic nitrogens is 1. The predicted molar refractivity (Wildman–Crippen MR) is 72.1 cm³/mol. The largest absolute Gasteiger partial charge is 0.495 e. The molecule has 0 aliphatic rings. The van der Waals surface area contributed by atoms with Crippen LogP contribution in [0.2, 0.25) is 0 Å². The van der Waals surface area contributed by atoms with Gasteiger partial charge >= 0.3 is 5.97 Å². The van der Waals surface area contributed by atoms with Crippen molar-refractivity contribution < 1.29 is 23.8 Å². The zero-order chi connectivity index (χ0) is 15.4. The number of hydrogen-bond donors (Lipinski definition) is 2. The third kappa shape index (κ3) is 3.33. The Labute approximate surface area is 119 Å². The molecule has 1 heterocycles. The highest BCUT2D eigenvalue weighted by Gasteiger charge is 2.14. The number of carbonyl (C=O) groups excluding carboxylic acids is 1. The lowest BCUT2D eigenvalue weighted by atomic mass is 10.2. The van der Waals surface area contributed by atoms with Crippen LogP contribution in [0.5, 0.6) is 5.75 Å². The molecule has 0 bridgehead atoms. The molecule has 21 heavy (non-hydrogen) atoms. The molecule has 0 saturated carbocycles. The number of amides is 1. The van der Waals surface area contributed by atoms with Crippen LogP contribution < -0.4 is 10.1 Å². The zero-order valence-electron chi connectivity index (χ0n) is 11.0. The number of carboxylic acids is 1. The average molecular weight is 290 g/mol. The fourth-order valence-electron chi connectivity index (χ4n) is 1.66. The predicted octanol–water partition coefficient (Wildman–Crippen LogP) is 2.18. The molecule has 1 amide bonds. The summed E-state index contributed by atoms with van der Waals surface area (Å²) in [7, 11) is 1.38. The summed E-state index contributed by atoms with van der Waals surface area (Å²) in [4.78, 5) is 26.4. The van der Waals surface area contributed by atoms with E-state index < -0.39 is 17.8 Å².